The lowest BCUT2D eigenvalue weighted by atomic mass is 10.1. The summed E-state index contributed by atoms with van der Waals surface area (Å²) in [4.78, 5) is 4.07. The summed E-state index contributed by atoms with van der Waals surface area (Å²) in [6.07, 6.45) is 1.79. The molecular weight excluding hydrogens is 168 g/mol. The molecule has 0 aliphatic carbocycles. The zero-order valence-corrected chi connectivity index (χ0v) is 7.75. The number of ether oxygens (including phenoxy) is 1. The van der Waals surface area contributed by atoms with Crippen LogP contribution in [-0.4, -0.2) is 31.3 Å². The monoisotopic (exact) mass is 182 g/mol. The number of nitrogens with zero attached hydrogens (tertiary/aromatic N) is 1. The van der Waals surface area contributed by atoms with Gasteiger partial charge < -0.3 is 14.5 Å². The van der Waals surface area contributed by atoms with Gasteiger partial charge >= 0.3 is 0 Å². The van der Waals surface area contributed by atoms with E-state index in [0.717, 1.165) is 38.0 Å². The maximum absolute atomic E-state index is 5.45. The first kappa shape index (κ1) is 8.72. The summed E-state index contributed by atoms with van der Waals surface area (Å²) in [6.45, 7) is 5.19. The zero-order valence-electron chi connectivity index (χ0n) is 7.75. The summed E-state index contributed by atoms with van der Waals surface area (Å²) >= 11 is 0. The second-order valence-corrected chi connectivity index (χ2v) is 3.26. The second kappa shape index (κ2) is 3.89. The third-order valence-electron chi connectivity index (χ3n) is 2.17. The summed E-state index contributed by atoms with van der Waals surface area (Å²) in [5.74, 6) is 1.95. The van der Waals surface area contributed by atoms with Crippen molar-refractivity contribution in [1.29, 1.82) is 0 Å². The quantitative estimate of drug-likeness (QED) is 0.694. The van der Waals surface area contributed by atoms with Crippen LogP contribution in [0.25, 0.3) is 0 Å². The highest BCUT2D eigenvalue weighted by Crippen LogP contribution is 2.17. The minimum Gasteiger partial charge on any atom is -0.446 e. The van der Waals surface area contributed by atoms with E-state index in [0.29, 0.717) is 5.92 Å². The molecule has 4 heteroatoms. The van der Waals surface area contributed by atoms with Gasteiger partial charge in [0.25, 0.3) is 0 Å². The maximum atomic E-state index is 5.45. The summed E-state index contributed by atoms with van der Waals surface area (Å²) in [5, 5.41) is 3.29. The molecule has 1 fully saturated rings. The topological polar surface area (TPSA) is 47.3 Å². The van der Waals surface area contributed by atoms with E-state index in [1.54, 1.807) is 6.20 Å². The van der Waals surface area contributed by atoms with E-state index in [1.165, 1.54) is 0 Å². The Balaban J connectivity index is 2.06. The number of hydrogen-bond acceptors (Lipinski definition) is 4. The Labute approximate surface area is 77.3 Å². The van der Waals surface area contributed by atoms with E-state index in [2.05, 4.69) is 10.3 Å². The molecule has 1 aromatic heterocycles. The van der Waals surface area contributed by atoms with Crippen molar-refractivity contribution < 1.29 is 9.15 Å². The minimum absolute atomic E-state index is 0.309. The molecule has 1 aliphatic rings. The second-order valence-electron chi connectivity index (χ2n) is 3.26. The van der Waals surface area contributed by atoms with E-state index >= 15 is 0 Å². The van der Waals surface area contributed by atoms with Crippen molar-refractivity contribution in [3.63, 3.8) is 0 Å². The van der Waals surface area contributed by atoms with E-state index in [-0.39, 0.29) is 0 Å². The van der Waals surface area contributed by atoms with Crippen molar-refractivity contribution in [2.75, 3.05) is 26.3 Å². The minimum atomic E-state index is 0.309. The van der Waals surface area contributed by atoms with E-state index in [4.69, 9.17) is 9.15 Å². The van der Waals surface area contributed by atoms with Crippen LogP contribution in [0.1, 0.15) is 17.6 Å². The van der Waals surface area contributed by atoms with E-state index in [1.807, 2.05) is 6.92 Å². The lowest BCUT2D eigenvalue weighted by Gasteiger charge is -2.08. The number of aromatic nitrogens is 1. The van der Waals surface area contributed by atoms with Gasteiger partial charge in [-0.25, -0.2) is 4.98 Å². The molecule has 1 saturated heterocycles. The fourth-order valence-corrected chi connectivity index (χ4v) is 1.45. The lowest BCUT2D eigenvalue weighted by molar-refractivity contribution is 0.136. The van der Waals surface area contributed by atoms with Crippen LogP contribution in [-0.2, 0) is 4.74 Å². The van der Waals surface area contributed by atoms with Crippen LogP contribution in [0.2, 0.25) is 0 Å². The Hall–Kier alpha value is -0.870. The van der Waals surface area contributed by atoms with Crippen LogP contribution in [0.3, 0.4) is 0 Å². The smallest absolute Gasteiger partial charge is 0.191 e. The van der Waals surface area contributed by atoms with Gasteiger partial charge in [-0.1, -0.05) is 0 Å². The first-order valence-electron chi connectivity index (χ1n) is 4.57. The van der Waals surface area contributed by atoms with Gasteiger partial charge in [0.15, 0.2) is 5.89 Å². The lowest BCUT2D eigenvalue weighted by Crippen LogP contribution is -2.21. The van der Waals surface area contributed by atoms with Gasteiger partial charge in [-0.2, -0.15) is 0 Å². The van der Waals surface area contributed by atoms with Crippen LogP contribution >= 0.6 is 0 Å². The van der Waals surface area contributed by atoms with Gasteiger partial charge in [-0.3, -0.25) is 0 Å². The first-order chi connectivity index (χ1) is 6.36. The average Bonchev–Trinajstić information content (AvgIpc) is 2.43. The van der Waals surface area contributed by atoms with Crippen molar-refractivity contribution in [2.45, 2.75) is 12.8 Å². The largest absolute Gasteiger partial charge is 0.446 e. The van der Waals surface area contributed by atoms with Crippen molar-refractivity contribution in [3.05, 3.63) is 17.8 Å². The summed E-state index contributed by atoms with van der Waals surface area (Å²) < 4.78 is 10.9. The maximum Gasteiger partial charge on any atom is 0.191 e. The van der Waals surface area contributed by atoms with Crippen LogP contribution in [0.15, 0.2) is 10.6 Å². The van der Waals surface area contributed by atoms with Gasteiger partial charge in [0, 0.05) is 20.0 Å². The molecule has 0 saturated carbocycles. The van der Waals surface area contributed by atoms with Crippen molar-refractivity contribution >= 4 is 0 Å². The Morgan fingerprint density at radius 1 is 1.62 bits per heavy atom. The number of hydrogen-bond donors (Lipinski definition) is 1. The van der Waals surface area contributed by atoms with Crippen molar-refractivity contribution in [1.82, 2.24) is 10.3 Å². The predicted molar refractivity (Wildman–Crippen MR) is 47.7 cm³/mol. The third-order valence-corrected chi connectivity index (χ3v) is 2.17. The standard InChI is InChI=1S/C9H14N2O2/c1-7-11-5-9(13-7)8-4-10-2-3-12-6-8/h5,8,10H,2-4,6H2,1H3/t8-/m1/s1. The van der Waals surface area contributed by atoms with Crippen molar-refractivity contribution in [3.8, 4) is 0 Å². The van der Waals surface area contributed by atoms with Crippen LogP contribution < -0.4 is 5.32 Å². The fourth-order valence-electron chi connectivity index (χ4n) is 1.45. The Kier molecular flexibility index (Phi) is 2.61. The molecule has 1 atom stereocenters. The number of nitrogens with one attached hydrogen (secondary N) is 1. The predicted octanol–water partition coefficient (Wildman–Crippen LogP) is 0.686. The van der Waals surface area contributed by atoms with E-state index in [9.17, 15) is 0 Å². The molecule has 1 N–H and O–H groups in total. The van der Waals surface area contributed by atoms with Gasteiger partial charge in [0.1, 0.15) is 5.76 Å². The van der Waals surface area contributed by atoms with Crippen LogP contribution in [0.4, 0.5) is 0 Å². The molecule has 1 aromatic rings. The highest BCUT2D eigenvalue weighted by atomic mass is 16.5. The molecule has 2 heterocycles. The third kappa shape index (κ3) is 2.08. The summed E-state index contributed by atoms with van der Waals surface area (Å²) in [6, 6.07) is 0. The SMILES string of the molecule is Cc1ncc([C@@H]2CNCCOC2)o1. The molecule has 2 rings (SSSR count). The van der Waals surface area contributed by atoms with E-state index < -0.39 is 0 Å². The molecule has 0 amide bonds. The van der Waals surface area contributed by atoms with Gasteiger partial charge in [0.2, 0.25) is 0 Å². The molecule has 72 valence electrons. The Morgan fingerprint density at radius 3 is 3.31 bits per heavy atom. The number of aryl methyl sites for hydroxylation is 1. The van der Waals surface area contributed by atoms with Gasteiger partial charge in [-0.15, -0.1) is 0 Å². The normalized spacial score (nSPS) is 24.2. The molecule has 0 radical (unpaired) electrons. The van der Waals surface area contributed by atoms with Crippen molar-refractivity contribution in [2.24, 2.45) is 0 Å². The first-order valence-corrected chi connectivity index (χ1v) is 4.57. The molecule has 4 nitrogen and oxygen atoms in total. The average molecular weight is 182 g/mol. The zero-order chi connectivity index (χ0) is 9.10. The summed E-state index contributed by atoms with van der Waals surface area (Å²) in [7, 11) is 0. The van der Waals surface area contributed by atoms with Crippen LogP contribution in [0.5, 0.6) is 0 Å². The highest BCUT2D eigenvalue weighted by Gasteiger charge is 2.17. The molecule has 0 spiro atoms. The van der Waals surface area contributed by atoms with Gasteiger partial charge in [0.05, 0.1) is 25.3 Å². The Bertz CT molecular complexity index is 264. The molecule has 0 unspecified atom stereocenters. The molecule has 0 bridgehead atoms. The highest BCUT2D eigenvalue weighted by molar-refractivity contribution is 5.02. The summed E-state index contributed by atoms with van der Waals surface area (Å²) in [5.41, 5.74) is 0. The van der Waals surface area contributed by atoms with Crippen LogP contribution in [0, 0.1) is 6.92 Å². The number of rotatable bonds is 1. The molecule has 1 aliphatic heterocycles. The molecule has 0 aromatic carbocycles. The van der Waals surface area contributed by atoms with Gasteiger partial charge in [-0.05, 0) is 0 Å². The Morgan fingerprint density at radius 2 is 2.54 bits per heavy atom. The molecule has 13 heavy (non-hydrogen) atoms. The molecular formula is C9H14N2O2. The fraction of sp³-hybridized carbons (Fsp3) is 0.667. The number of oxazole rings is 1.